The molecule has 2 aromatic carbocycles. The average molecular weight is 394 g/mol. The van der Waals surface area contributed by atoms with Crippen LogP contribution >= 0.6 is 24.0 Å². The van der Waals surface area contributed by atoms with Crippen LogP contribution in [0.2, 0.25) is 5.02 Å². The van der Waals surface area contributed by atoms with Crippen LogP contribution in [-0.4, -0.2) is 37.0 Å². The van der Waals surface area contributed by atoms with Gasteiger partial charge in [-0.3, -0.25) is 9.69 Å². The highest BCUT2D eigenvalue weighted by Crippen LogP contribution is 2.28. The monoisotopic (exact) mass is 393 g/mol. The Balaban J connectivity index is 0.00000243. The van der Waals surface area contributed by atoms with Crippen molar-refractivity contribution < 1.29 is 4.79 Å². The van der Waals surface area contributed by atoms with Gasteiger partial charge in [0.25, 0.3) is 0 Å². The molecule has 1 aliphatic rings. The molecule has 0 radical (unpaired) electrons. The summed E-state index contributed by atoms with van der Waals surface area (Å²) >= 11 is 6.37. The number of halogens is 2. The van der Waals surface area contributed by atoms with Gasteiger partial charge in [-0.15, -0.1) is 12.4 Å². The molecule has 1 atom stereocenters. The van der Waals surface area contributed by atoms with Crippen LogP contribution in [0, 0.1) is 13.8 Å². The quantitative estimate of drug-likeness (QED) is 0.825. The Hall–Kier alpha value is -1.59. The summed E-state index contributed by atoms with van der Waals surface area (Å²) in [5, 5.41) is 7.20. The maximum absolute atomic E-state index is 12.6. The third kappa shape index (κ3) is 4.98. The normalized spacial score (nSPS) is 17.4. The maximum Gasteiger partial charge on any atom is 0.238 e. The van der Waals surface area contributed by atoms with Gasteiger partial charge in [0.05, 0.1) is 6.54 Å². The van der Waals surface area contributed by atoms with E-state index in [9.17, 15) is 4.79 Å². The molecule has 1 aliphatic heterocycles. The summed E-state index contributed by atoms with van der Waals surface area (Å²) in [6, 6.07) is 14.1. The zero-order valence-electron chi connectivity index (χ0n) is 15.1. The lowest BCUT2D eigenvalue weighted by Gasteiger charge is -2.36. The number of hydrogen-bond donors (Lipinski definition) is 2. The van der Waals surface area contributed by atoms with Gasteiger partial charge < -0.3 is 10.6 Å². The number of carbonyl (C=O) groups excluding carboxylic acids is 1. The average Bonchev–Trinajstić information content (AvgIpc) is 2.59. The van der Waals surface area contributed by atoms with E-state index in [0.717, 1.165) is 47.0 Å². The van der Waals surface area contributed by atoms with Crippen molar-refractivity contribution in [3.63, 3.8) is 0 Å². The van der Waals surface area contributed by atoms with E-state index in [1.807, 2.05) is 50.2 Å². The minimum Gasteiger partial charge on any atom is -0.325 e. The molecule has 3 rings (SSSR count). The smallest absolute Gasteiger partial charge is 0.238 e. The van der Waals surface area contributed by atoms with E-state index >= 15 is 0 Å². The van der Waals surface area contributed by atoms with E-state index in [-0.39, 0.29) is 24.4 Å². The molecule has 0 saturated carbocycles. The highest BCUT2D eigenvalue weighted by atomic mass is 35.5. The fourth-order valence-corrected chi connectivity index (χ4v) is 3.49. The lowest BCUT2D eigenvalue weighted by Crippen LogP contribution is -2.48. The van der Waals surface area contributed by atoms with Crippen LogP contribution in [0.4, 0.5) is 5.69 Å². The predicted octanol–water partition coefficient (Wildman–Crippen LogP) is 3.96. The second-order valence-electron chi connectivity index (χ2n) is 6.58. The number of benzene rings is 2. The summed E-state index contributed by atoms with van der Waals surface area (Å²) in [4.78, 5) is 14.8. The Morgan fingerprint density at radius 3 is 2.81 bits per heavy atom. The van der Waals surface area contributed by atoms with E-state index in [1.165, 1.54) is 0 Å². The first-order valence-electron chi connectivity index (χ1n) is 8.61. The molecule has 0 aromatic heterocycles. The van der Waals surface area contributed by atoms with Crippen molar-refractivity contribution in [1.29, 1.82) is 0 Å². The Morgan fingerprint density at radius 1 is 1.27 bits per heavy atom. The van der Waals surface area contributed by atoms with E-state index in [0.29, 0.717) is 6.54 Å². The van der Waals surface area contributed by atoms with Crippen LogP contribution in [0.25, 0.3) is 0 Å². The van der Waals surface area contributed by atoms with Crippen molar-refractivity contribution in [3.8, 4) is 0 Å². The first-order valence-corrected chi connectivity index (χ1v) is 8.98. The van der Waals surface area contributed by atoms with Gasteiger partial charge in [-0.25, -0.2) is 0 Å². The van der Waals surface area contributed by atoms with Gasteiger partial charge in [0.1, 0.15) is 0 Å². The number of rotatable bonds is 4. The summed E-state index contributed by atoms with van der Waals surface area (Å²) in [5.74, 6) is 0.00709. The molecule has 1 saturated heterocycles. The van der Waals surface area contributed by atoms with Gasteiger partial charge in [0.15, 0.2) is 0 Å². The molecule has 4 nitrogen and oxygen atoms in total. The number of aryl methyl sites for hydroxylation is 2. The second kappa shape index (κ2) is 9.38. The fraction of sp³-hybridized carbons (Fsp3) is 0.350. The Kier molecular flexibility index (Phi) is 7.47. The zero-order valence-corrected chi connectivity index (χ0v) is 16.7. The molecule has 140 valence electrons. The third-order valence-corrected chi connectivity index (χ3v) is 4.98. The lowest BCUT2D eigenvalue weighted by atomic mass is 10.0. The Bertz CT molecular complexity index is 766. The van der Waals surface area contributed by atoms with E-state index < -0.39 is 0 Å². The van der Waals surface area contributed by atoms with Gasteiger partial charge in [0, 0.05) is 36.4 Å². The Labute approximate surface area is 166 Å². The second-order valence-corrected chi connectivity index (χ2v) is 6.99. The summed E-state index contributed by atoms with van der Waals surface area (Å²) in [6.07, 6.45) is 0. The van der Waals surface area contributed by atoms with Crippen molar-refractivity contribution in [3.05, 3.63) is 64.2 Å². The lowest BCUT2D eigenvalue weighted by molar-refractivity contribution is -0.118. The molecule has 1 unspecified atom stereocenters. The first-order chi connectivity index (χ1) is 12.0. The molecule has 2 aromatic rings. The van der Waals surface area contributed by atoms with Gasteiger partial charge in [-0.2, -0.15) is 0 Å². The van der Waals surface area contributed by atoms with Crippen molar-refractivity contribution in [1.82, 2.24) is 10.2 Å². The maximum atomic E-state index is 12.6. The number of anilines is 1. The van der Waals surface area contributed by atoms with Crippen molar-refractivity contribution in [2.45, 2.75) is 19.9 Å². The number of carbonyl (C=O) groups is 1. The zero-order chi connectivity index (χ0) is 17.8. The van der Waals surface area contributed by atoms with E-state index in [2.05, 4.69) is 21.6 Å². The van der Waals surface area contributed by atoms with Crippen LogP contribution in [0.15, 0.2) is 42.5 Å². The predicted molar refractivity (Wildman–Crippen MR) is 110 cm³/mol. The molecule has 2 N–H and O–H groups in total. The number of hydrogen-bond acceptors (Lipinski definition) is 3. The van der Waals surface area contributed by atoms with Crippen LogP contribution in [0.5, 0.6) is 0 Å². The molecular formula is C20H25Cl2N3O. The van der Waals surface area contributed by atoms with Gasteiger partial charge in [-0.05, 0) is 42.7 Å². The SMILES string of the molecule is Cc1ccc(C)c(NC(=O)CN2CCNCC2c2ccccc2Cl)c1.Cl. The largest absolute Gasteiger partial charge is 0.325 e. The fourth-order valence-electron chi connectivity index (χ4n) is 3.23. The van der Waals surface area contributed by atoms with Crippen molar-refractivity contribution in [2.24, 2.45) is 0 Å². The van der Waals surface area contributed by atoms with Gasteiger partial charge >= 0.3 is 0 Å². The number of nitrogens with one attached hydrogen (secondary N) is 2. The Morgan fingerprint density at radius 2 is 2.04 bits per heavy atom. The summed E-state index contributed by atoms with van der Waals surface area (Å²) in [7, 11) is 0. The topological polar surface area (TPSA) is 44.4 Å². The summed E-state index contributed by atoms with van der Waals surface area (Å²) < 4.78 is 0. The minimum absolute atomic E-state index is 0. The molecule has 0 aliphatic carbocycles. The summed E-state index contributed by atoms with van der Waals surface area (Å²) in [5.41, 5.74) is 4.16. The number of amides is 1. The molecule has 1 amide bonds. The van der Waals surface area contributed by atoms with Gasteiger partial charge in [-0.1, -0.05) is 41.9 Å². The van der Waals surface area contributed by atoms with Gasteiger partial charge in [0.2, 0.25) is 5.91 Å². The van der Waals surface area contributed by atoms with Crippen molar-refractivity contribution in [2.75, 3.05) is 31.5 Å². The summed E-state index contributed by atoms with van der Waals surface area (Å²) in [6.45, 7) is 6.87. The van der Waals surface area contributed by atoms with Crippen LogP contribution in [0.1, 0.15) is 22.7 Å². The first kappa shape index (κ1) is 20.7. The van der Waals surface area contributed by atoms with Crippen LogP contribution in [-0.2, 0) is 4.79 Å². The molecule has 0 bridgehead atoms. The highest BCUT2D eigenvalue weighted by Gasteiger charge is 2.27. The molecule has 26 heavy (non-hydrogen) atoms. The van der Waals surface area contributed by atoms with Crippen LogP contribution in [0.3, 0.4) is 0 Å². The third-order valence-electron chi connectivity index (χ3n) is 4.63. The molecule has 6 heteroatoms. The molecule has 0 spiro atoms. The highest BCUT2D eigenvalue weighted by molar-refractivity contribution is 6.31. The number of piperazine rings is 1. The van der Waals surface area contributed by atoms with E-state index in [4.69, 9.17) is 11.6 Å². The van der Waals surface area contributed by atoms with E-state index in [1.54, 1.807) is 0 Å². The minimum atomic E-state index is 0. The number of nitrogens with zero attached hydrogens (tertiary/aromatic N) is 1. The molecule has 1 fully saturated rings. The standard InChI is InChI=1S/C20H24ClN3O.ClH/c1-14-7-8-15(2)18(11-14)23-20(25)13-24-10-9-22-12-19(24)16-5-3-4-6-17(16)21;/h3-8,11,19,22H,9-10,12-13H2,1-2H3,(H,23,25);1H. The van der Waals surface area contributed by atoms with Crippen LogP contribution < -0.4 is 10.6 Å². The molecule has 1 heterocycles. The van der Waals surface area contributed by atoms with Crippen molar-refractivity contribution >= 4 is 35.6 Å². The molecular weight excluding hydrogens is 369 g/mol.